The van der Waals surface area contributed by atoms with E-state index in [0.717, 1.165) is 57.9 Å². The molecule has 0 spiro atoms. The quantitative estimate of drug-likeness (QED) is 0.0804. The van der Waals surface area contributed by atoms with Gasteiger partial charge in [-0.2, -0.15) is 0 Å². The molecule has 5 aliphatic carbocycles. The largest absolute Gasteiger partial charge is 0.236 e. The second-order valence-electron chi connectivity index (χ2n) is 31.5. The second-order valence-corrected chi connectivity index (χ2v) is 31.5. The first-order valence-corrected chi connectivity index (χ1v) is 36.7. The summed E-state index contributed by atoms with van der Waals surface area (Å²) in [5.74, 6) is 1.53. The minimum absolute atomic E-state index is 0.0858. The maximum atomic E-state index is 5.27. The number of rotatable bonds is 18. The number of hydrogen-bond donors (Lipinski definition) is 0. The number of benzene rings is 10. The first-order valence-electron chi connectivity index (χ1n) is 36.7. The molecule has 0 aliphatic heterocycles. The Kier molecular flexibility index (Phi) is 14.6. The van der Waals surface area contributed by atoms with Gasteiger partial charge in [0.15, 0.2) is 11.6 Å². The molecule has 10 aromatic carbocycles. The zero-order valence-electron chi connectivity index (χ0n) is 58.7. The summed E-state index contributed by atoms with van der Waals surface area (Å²) in [5.41, 5.74) is 33.5. The molecular formula is C93H90N4. The van der Waals surface area contributed by atoms with E-state index in [4.69, 9.17) is 19.9 Å². The maximum Gasteiger partial charge on any atom is 0.159 e. The van der Waals surface area contributed by atoms with Gasteiger partial charge in [-0.25, -0.2) is 19.9 Å². The zero-order valence-corrected chi connectivity index (χ0v) is 58.7. The minimum atomic E-state index is -0.302. The van der Waals surface area contributed by atoms with Crippen molar-refractivity contribution in [2.24, 2.45) is 0 Å². The van der Waals surface area contributed by atoms with Gasteiger partial charge in [0.2, 0.25) is 0 Å². The molecule has 0 unspecified atom stereocenters. The predicted octanol–water partition coefficient (Wildman–Crippen LogP) is 25.2. The van der Waals surface area contributed by atoms with E-state index in [1.54, 1.807) is 11.1 Å². The number of aromatic nitrogens is 4. The summed E-state index contributed by atoms with van der Waals surface area (Å²) in [6.45, 7) is 24.0. The molecule has 0 bridgehead atoms. The molecule has 482 valence electrons. The van der Waals surface area contributed by atoms with Gasteiger partial charge in [0.05, 0.1) is 0 Å². The van der Waals surface area contributed by atoms with Crippen molar-refractivity contribution in [2.45, 2.75) is 186 Å². The molecule has 4 nitrogen and oxygen atoms in total. The van der Waals surface area contributed by atoms with Crippen LogP contribution in [-0.4, -0.2) is 19.9 Å². The first kappa shape index (κ1) is 61.5. The fraction of sp³-hybridized carbons (Fsp3) is 0.312. The number of nitrogens with zero attached hydrogens (tertiary/aromatic N) is 4. The van der Waals surface area contributed by atoms with Crippen molar-refractivity contribution < 1.29 is 0 Å². The highest BCUT2D eigenvalue weighted by Gasteiger charge is 2.49. The van der Waals surface area contributed by atoms with Crippen molar-refractivity contribution in [3.63, 3.8) is 0 Å². The Morgan fingerprint density at radius 3 is 0.979 bits per heavy atom. The van der Waals surface area contributed by atoms with E-state index in [1.807, 2.05) is 0 Å². The fourth-order valence-electron chi connectivity index (χ4n) is 19.1. The molecule has 0 N–H and O–H groups in total. The average Bonchev–Trinajstić information content (AvgIpc) is 1.52. The smallest absolute Gasteiger partial charge is 0.159 e. The van der Waals surface area contributed by atoms with Gasteiger partial charge in [-0.1, -0.05) is 268 Å². The third-order valence-electron chi connectivity index (χ3n) is 24.5. The lowest BCUT2D eigenvalue weighted by Crippen LogP contribution is -2.26. The molecule has 5 aliphatic rings. The molecule has 12 aromatic rings. The third-order valence-corrected chi connectivity index (χ3v) is 24.5. The zero-order chi connectivity index (χ0) is 66.3. The summed E-state index contributed by atoms with van der Waals surface area (Å²) in [4.78, 5) is 21.1. The molecule has 17 rings (SSSR count). The monoisotopic (exact) mass is 1260 g/mol. The van der Waals surface area contributed by atoms with Crippen molar-refractivity contribution in [1.29, 1.82) is 0 Å². The molecule has 2 heterocycles. The van der Waals surface area contributed by atoms with Crippen molar-refractivity contribution in [3.05, 3.63) is 250 Å². The van der Waals surface area contributed by atoms with Crippen LogP contribution in [0.5, 0.6) is 0 Å². The van der Waals surface area contributed by atoms with Crippen molar-refractivity contribution >= 4 is 21.5 Å². The van der Waals surface area contributed by atoms with Crippen LogP contribution >= 0.6 is 0 Å². The summed E-state index contributed by atoms with van der Waals surface area (Å²) in [6.07, 6.45) is 25.8. The Bertz CT molecular complexity index is 4860. The summed E-state index contributed by atoms with van der Waals surface area (Å²) >= 11 is 0. The van der Waals surface area contributed by atoms with E-state index in [2.05, 4.69) is 264 Å². The van der Waals surface area contributed by atoms with Gasteiger partial charge in [0.1, 0.15) is 0 Å². The molecule has 4 heteroatoms. The first-order chi connectivity index (χ1) is 47.0. The summed E-state index contributed by atoms with van der Waals surface area (Å²) in [6, 6.07) is 65.7. The van der Waals surface area contributed by atoms with Gasteiger partial charge in [0, 0.05) is 74.1 Å². The lowest BCUT2D eigenvalue weighted by atomic mass is 9.69. The van der Waals surface area contributed by atoms with Gasteiger partial charge in [0.25, 0.3) is 0 Å². The summed E-state index contributed by atoms with van der Waals surface area (Å²) in [7, 11) is 0. The van der Waals surface area contributed by atoms with E-state index in [9.17, 15) is 0 Å². The molecule has 0 radical (unpaired) electrons. The lowest BCUT2D eigenvalue weighted by Gasteiger charge is -2.34. The Morgan fingerprint density at radius 1 is 0.247 bits per heavy atom. The Hall–Kier alpha value is -9.12. The van der Waals surface area contributed by atoms with Crippen LogP contribution < -0.4 is 0 Å². The van der Waals surface area contributed by atoms with Crippen LogP contribution in [0.3, 0.4) is 0 Å². The molecule has 0 saturated carbocycles. The summed E-state index contributed by atoms with van der Waals surface area (Å²) < 4.78 is 0. The Balaban J connectivity index is 0.778. The predicted molar refractivity (Wildman–Crippen MR) is 407 cm³/mol. The van der Waals surface area contributed by atoms with Crippen LogP contribution in [0.15, 0.2) is 195 Å². The van der Waals surface area contributed by atoms with Gasteiger partial charge in [-0.15, -0.1) is 0 Å². The lowest BCUT2D eigenvalue weighted by molar-refractivity contribution is 0.398. The highest BCUT2D eigenvalue weighted by molar-refractivity contribution is 6.11. The van der Waals surface area contributed by atoms with Gasteiger partial charge in [-0.3, -0.25) is 0 Å². The topological polar surface area (TPSA) is 51.6 Å². The van der Waals surface area contributed by atoms with E-state index in [1.165, 1.54) is 199 Å². The normalized spacial score (nSPS) is 15.9. The molecule has 0 amide bonds. The molecule has 0 atom stereocenters. The molecule has 0 saturated heterocycles. The molecular weight excluding hydrogens is 1170 g/mol. The maximum absolute atomic E-state index is 5.27. The minimum Gasteiger partial charge on any atom is -0.236 e. The standard InChI is InChI=1S/C93H90N4/c1-11-13-15-17-19-29-43-93(44-30-20-18-16-14-12-2)81-51-73-79(91(7,8)83-49-71(61-31-21-23-35-67(61)85(73)83)87-94-53-59(54-95-87)57-39-41-65-63-33-25-27-37-75(63)89(3,4)77(65)45-57)47-69(81)70-48-80-74(52-82(70)93)86-68-36-24-22-32-62(68)72(50-84(86)92(80,9)10)88-96-55-60(56-97-88)58-40-42-66-64-34-26-28-38-76(64)90(5,6)78(66)46-58/h21-28,31-42,45-56H,11-20,29-30,43-44H2,1-10H3. The van der Waals surface area contributed by atoms with Crippen LogP contribution in [0.25, 0.3) is 122 Å². The van der Waals surface area contributed by atoms with Crippen molar-refractivity contribution in [3.8, 4) is 101 Å². The van der Waals surface area contributed by atoms with Crippen LogP contribution in [-0.2, 0) is 27.1 Å². The van der Waals surface area contributed by atoms with E-state index in [-0.39, 0.29) is 27.1 Å². The number of unbranched alkanes of at least 4 members (excludes halogenated alkanes) is 10. The highest BCUT2D eigenvalue weighted by Crippen LogP contribution is 2.64. The molecule has 97 heavy (non-hydrogen) atoms. The van der Waals surface area contributed by atoms with E-state index < -0.39 is 0 Å². The second kappa shape index (κ2) is 23.0. The Labute approximate surface area is 575 Å². The van der Waals surface area contributed by atoms with Gasteiger partial charge >= 0.3 is 0 Å². The molecule has 2 aromatic heterocycles. The van der Waals surface area contributed by atoms with Crippen LogP contribution in [0, 0.1) is 0 Å². The molecule has 0 fully saturated rings. The third kappa shape index (κ3) is 9.34. The van der Waals surface area contributed by atoms with Gasteiger partial charge < -0.3 is 0 Å². The highest BCUT2D eigenvalue weighted by atomic mass is 14.9. The Morgan fingerprint density at radius 2 is 0.567 bits per heavy atom. The fourth-order valence-corrected chi connectivity index (χ4v) is 19.1. The van der Waals surface area contributed by atoms with Gasteiger partial charge in [-0.05, 0) is 205 Å². The summed E-state index contributed by atoms with van der Waals surface area (Å²) in [5, 5.41) is 4.96. The number of fused-ring (bicyclic) bond motifs is 19. The van der Waals surface area contributed by atoms with Crippen LogP contribution in [0.1, 0.15) is 215 Å². The van der Waals surface area contributed by atoms with Crippen LogP contribution in [0.2, 0.25) is 0 Å². The van der Waals surface area contributed by atoms with Crippen molar-refractivity contribution in [1.82, 2.24) is 19.9 Å². The average molecular weight is 1260 g/mol. The number of hydrogen-bond acceptors (Lipinski definition) is 4. The SMILES string of the molecule is CCCCCCCCC1(CCCCCCCC)c2cc3c(cc2-c2cc4c(cc21)-c1c(cc(-c2ncc(-c5ccc6c(c5)C(C)(C)c5ccccc5-6)cn2)c2ccccc12)C4(C)C)C(C)(C)c1cc(-c2ncc(-c4ccc5c(c4)C(C)(C)c4ccccc4-5)cn2)c2ccccc2c1-3. The van der Waals surface area contributed by atoms with E-state index >= 15 is 0 Å². The van der Waals surface area contributed by atoms with E-state index in [0.29, 0.717) is 0 Å². The van der Waals surface area contributed by atoms with Crippen LogP contribution in [0.4, 0.5) is 0 Å². The van der Waals surface area contributed by atoms with Crippen molar-refractivity contribution in [2.75, 3.05) is 0 Å².